The molecule has 0 aliphatic heterocycles. The Balaban J connectivity index is 2.35. The van der Waals surface area contributed by atoms with Gasteiger partial charge in [-0.15, -0.1) is 0 Å². The number of nitrogens with zero attached hydrogens (tertiary/aromatic N) is 1. The second-order valence-corrected chi connectivity index (χ2v) is 8.08. The second-order valence-electron chi connectivity index (χ2n) is 6.22. The van der Waals surface area contributed by atoms with Crippen LogP contribution in [-0.4, -0.2) is 39.2 Å². The summed E-state index contributed by atoms with van der Waals surface area (Å²) in [5, 5.41) is 2.60. The van der Waals surface area contributed by atoms with Crippen molar-refractivity contribution in [2.75, 3.05) is 22.5 Å². The number of carbonyl (C=O) groups is 2. The van der Waals surface area contributed by atoms with E-state index in [0.29, 0.717) is 5.69 Å². The highest BCUT2D eigenvalue weighted by molar-refractivity contribution is 7.92. The molecule has 29 heavy (non-hydrogen) atoms. The van der Waals surface area contributed by atoms with Crippen LogP contribution in [0.1, 0.15) is 30.6 Å². The molecule has 0 fully saturated rings. The van der Waals surface area contributed by atoms with Crippen molar-refractivity contribution >= 4 is 33.3 Å². The molecule has 1 atom stereocenters. The maximum absolute atomic E-state index is 14.3. The molecule has 7 nitrogen and oxygen atoms in total. The molecule has 0 aromatic heterocycles. The van der Waals surface area contributed by atoms with Crippen LogP contribution in [0, 0.1) is 5.82 Å². The van der Waals surface area contributed by atoms with Crippen LogP contribution in [0.4, 0.5) is 15.8 Å². The van der Waals surface area contributed by atoms with Crippen molar-refractivity contribution in [1.82, 2.24) is 0 Å². The van der Waals surface area contributed by atoms with E-state index in [4.69, 9.17) is 4.74 Å². The molecule has 0 radical (unpaired) electrons. The van der Waals surface area contributed by atoms with E-state index < -0.39 is 33.8 Å². The number of sulfonamides is 1. The minimum atomic E-state index is -3.96. The summed E-state index contributed by atoms with van der Waals surface area (Å²) in [5.74, 6) is -1.95. The van der Waals surface area contributed by atoms with Crippen molar-refractivity contribution in [3.05, 3.63) is 59.9 Å². The minimum Gasteiger partial charge on any atom is -0.462 e. The summed E-state index contributed by atoms with van der Waals surface area (Å²) < 4.78 is 44.7. The summed E-state index contributed by atoms with van der Waals surface area (Å²) in [6.07, 6.45) is 1.02. The van der Waals surface area contributed by atoms with E-state index in [0.717, 1.165) is 16.6 Å². The normalized spacial score (nSPS) is 12.1. The Morgan fingerprint density at radius 3 is 2.41 bits per heavy atom. The molecule has 0 saturated carbocycles. The van der Waals surface area contributed by atoms with Gasteiger partial charge in [-0.05, 0) is 43.7 Å². The number of halogens is 1. The lowest BCUT2D eigenvalue weighted by molar-refractivity contribution is -0.117. The smallest absolute Gasteiger partial charge is 0.338 e. The molecule has 1 amide bonds. The molecule has 0 unspecified atom stereocenters. The lowest BCUT2D eigenvalue weighted by Gasteiger charge is -2.30. The number of para-hydroxylation sites is 1. The average Bonchev–Trinajstić information content (AvgIpc) is 2.66. The molecule has 0 bridgehead atoms. The van der Waals surface area contributed by atoms with Crippen LogP contribution in [0.3, 0.4) is 0 Å². The zero-order chi connectivity index (χ0) is 21.6. The predicted molar refractivity (Wildman–Crippen MR) is 109 cm³/mol. The number of anilines is 2. The van der Waals surface area contributed by atoms with Gasteiger partial charge in [0.15, 0.2) is 0 Å². The number of benzene rings is 2. The molecule has 9 heteroatoms. The molecular formula is C20H23FN2O5S. The summed E-state index contributed by atoms with van der Waals surface area (Å²) in [6.45, 7) is 3.51. The Morgan fingerprint density at radius 1 is 1.14 bits per heavy atom. The highest BCUT2D eigenvalue weighted by atomic mass is 32.2. The van der Waals surface area contributed by atoms with Crippen molar-refractivity contribution in [3.63, 3.8) is 0 Å². The molecule has 0 spiro atoms. The first-order valence-electron chi connectivity index (χ1n) is 9.01. The van der Waals surface area contributed by atoms with Gasteiger partial charge in [0.1, 0.15) is 11.9 Å². The number of esters is 1. The van der Waals surface area contributed by atoms with Crippen LogP contribution in [0.15, 0.2) is 48.5 Å². The van der Waals surface area contributed by atoms with Gasteiger partial charge in [0.2, 0.25) is 15.9 Å². The number of nitrogens with one attached hydrogen (secondary N) is 1. The number of rotatable bonds is 8. The van der Waals surface area contributed by atoms with E-state index in [1.165, 1.54) is 30.3 Å². The summed E-state index contributed by atoms with van der Waals surface area (Å²) in [5.41, 5.74) is 0.324. The van der Waals surface area contributed by atoms with Crippen molar-refractivity contribution in [1.29, 1.82) is 0 Å². The molecule has 2 aromatic rings. The van der Waals surface area contributed by atoms with Crippen LogP contribution in [0.5, 0.6) is 0 Å². The third kappa shape index (κ3) is 5.54. The van der Waals surface area contributed by atoms with E-state index in [1.807, 2.05) is 0 Å². The molecule has 1 N–H and O–H groups in total. The largest absolute Gasteiger partial charge is 0.462 e. The Kier molecular flexibility index (Phi) is 7.33. The van der Waals surface area contributed by atoms with Crippen LogP contribution in [0.2, 0.25) is 0 Å². The van der Waals surface area contributed by atoms with Gasteiger partial charge in [-0.3, -0.25) is 9.10 Å². The summed E-state index contributed by atoms with van der Waals surface area (Å²) >= 11 is 0. The average molecular weight is 422 g/mol. The topological polar surface area (TPSA) is 92.8 Å². The van der Waals surface area contributed by atoms with Gasteiger partial charge in [0.05, 0.1) is 24.1 Å². The van der Waals surface area contributed by atoms with Gasteiger partial charge in [-0.25, -0.2) is 17.6 Å². The first-order chi connectivity index (χ1) is 13.7. The Bertz CT molecular complexity index is 994. The quantitative estimate of drug-likeness (QED) is 0.660. The summed E-state index contributed by atoms with van der Waals surface area (Å²) in [6, 6.07) is 10.2. The van der Waals surface area contributed by atoms with Crippen molar-refractivity contribution in [2.24, 2.45) is 0 Å². The minimum absolute atomic E-state index is 0.102. The van der Waals surface area contributed by atoms with Gasteiger partial charge in [-0.1, -0.05) is 25.1 Å². The molecule has 0 heterocycles. The molecule has 2 rings (SSSR count). The van der Waals surface area contributed by atoms with Gasteiger partial charge in [0.25, 0.3) is 0 Å². The van der Waals surface area contributed by atoms with Crippen LogP contribution in [0.25, 0.3) is 0 Å². The summed E-state index contributed by atoms with van der Waals surface area (Å²) in [7, 11) is -3.96. The van der Waals surface area contributed by atoms with E-state index >= 15 is 0 Å². The molecule has 156 valence electrons. The third-order valence-electron chi connectivity index (χ3n) is 4.06. The number of amides is 1. The van der Waals surface area contributed by atoms with E-state index in [2.05, 4.69) is 5.32 Å². The van der Waals surface area contributed by atoms with Gasteiger partial charge < -0.3 is 10.1 Å². The number of carbonyl (C=O) groups excluding carboxylic acids is 2. The highest BCUT2D eigenvalue weighted by Gasteiger charge is 2.33. The first kappa shape index (κ1) is 22.4. The Morgan fingerprint density at radius 2 is 1.83 bits per heavy atom. The van der Waals surface area contributed by atoms with Crippen LogP contribution >= 0.6 is 0 Å². The fraction of sp³-hybridized carbons (Fsp3) is 0.300. The maximum Gasteiger partial charge on any atom is 0.338 e. The molecule has 0 aliphatic carbocycles. The zero-order valence-corrected chi connectivity index (χ0v) is 17.2. The molecule has 2 aromatic carbocycles. The van der Waals surface area contributed by atoms with Gasteiger partial charge in [-0.2, -0.15) is 0 Å². The lowest BCUT2D eigenvalue weighted by Crippen LogP contribution is -2.47. The predicted octanol–water partition coefficient (Wildman–Crippen LogP) is 3.19. The number of hydrogen-bond donors (Lipinski definition) is 1. The number of hydrogen-bond acceptors (Lipinski definition) is 5. The molecular weight excluding hydrogens is 399 g/mol. The van der Waals surface area contributed by atoms with E-state index in [-0.39, 0.29) is 24.3 Å². The van der Waals surface area contributed by atoms with Crippen molar-refractivity contribution in [2.45, 2.75) is 26.3 Å². The maximum atomic E-state index is 14.3. The van der Waals surface area contributed by atoms with Gasteiger partial charge >= 0.3 is 5.97 Å². The SMILES string of the molecule is CCOC(=O)c1cccc(NC(=O)[C@H](CC)N(c2ccccc2F)S(C)(=O)=O)c1. The fourth-order valence-electron chi connectivity index (χ4n) is 2.83. The first-order valence-corrected chi connectivity index (χ1v) is 10.9. The lowest BCUT2D eigenvalue weighted by atomic mass is 10.1. The Labute approximate surface area is 169 Å². The molecule has 0 saturated heterocycles. The zero-order valence-electron chi connectivity index (χ0n) is 16.4. The van der Waals surface area contributed by atoms with E-state index in [9.17, 15) is 22.4 Å². The Hall–Kier alpha value is -2.94. The highest BCUT2D eigenvalue weighted by Crippen LogP contribution is 2.26. The standard InChI is InChI=1S/C20H23FN2O5S/c1-4-17(23(29(3,26)27)18-12-7-6-11-16(18)21)19(24)22-15-10-8-9-14(13-15)20(25)28-5-2/h6-13,17H,4-5H2,1-3H3,(H,22,24)/t17-/m0/s1. The summed E-state index contributed by atoms with van der Waals surface area (Å²) in [4.78, 5) is 24.7. The molecule has 0 aliphatic rings. The van der Waals surface area contributed by atoms with Crippen molar-refractivity contribution < 1.29 is 27.1 Å². The van der Waals surface area contributed by atoms with Gasteiger partial charge in [0, 0.05) is 5.69 Å². The van der Waals surface area contributed by atoms with Crippen LogP contribution < -0.4 is 9.62 Å². The third-order valence-corrected chi connectivity index (χ3v) is 5.23. The van der Waals surface area contributed by atoms with Crippen LogP contribution in [-0.2, 0) is 19.6 Å². The second kappa shape index (κ2) is 9.51. The number of ether oxygens (including phenoxy) is 1. The van der Waals surface area contributed by atoms with E-state index in [1.54, 1.807) is 26.0 Å². The fourth-order valence-corrected chi connectivity index (χ4v) is 4.04. The monoisotopic (exact) mass is 422 g/mol. The van der Waals surface area contributed by atoms with Crippen molar-refractivity contribution in [3.8, 4) is 0 Å².